The molecule has 0 amide bonds. The molecule has 1 aliphatic rings. The predicted molar refractivity (Wildman–Crippen MR) is 71.6 cm³/mol. The molecule has 0 atom stereocenters. The molecule has 3 rings (SSSR count). The van der Waals surface area contributed by atoms with Crippen molar-refractivity contribution in [3.63, 3.8) is 0 Å². The topological polar surface area (TPSA) is 92.7 Å². The first-order valence-electron chi connectivity index (χ1n) is 6.10. The number of aliphatic hydroxyl groups excluding tert-OH is 1. The number of thiazole rings is 1. The predicted octanol–water partition coefficient (Wildman–Crippen LogP) is 1.88. The molecule has 8 heteroatoms. The molecule has 0 saturated heterocycles. The molecule has 0 spiro atoms. The van der Waals surface area contributed by atoms with Crippen LogP contribution >= 0.6 is 11.3 Å². The van der Waals surface area contributed by atoms with Crippen molar-refractivity contribution in [1.29, 1.82) is 0 Å². The van der Waals surface area contributed by atoms with Crippen LogP contribution in [-0.2, 0) is 0 Å². The zero-order valence-electron chi connectivity index (χ0n) is 10.2. The summed E-state index contributed by atoms with van der Waals surface area (Å²) in [6.07, 6.45) is 4.49. The third-order valence-corrected chi connectivity index (χ3v) is 4.40. The molecule has 2 N–H and O–H groups in total. The lowest BCUT2D eigenvalue weighted by atomic mass is 10.0. The van der Waals surface area contributed by atoms with Crippen molar-refractivity contribution in [3.05, 3.63) is 21.7 Å². The molecule has 1 saturated carbocycles. The van der Waals surface area contributed by atoms with E-state index in [2.05, 4.69) is 10.3 Å². The van der Waals surface area contributed by atoms with E-state index in [-0.39, 0.29) is 17.8 Å². The highest BCUT2D eigenvalue weighted by Crippen LogP contribution is 2.48. The molecule has 2 heterocycles. The van der Waals surface area contributed by atoms with Gasteiger partial charge in [-0.1, -0.05) is 11.3 Å². The highest BCUT2D eigenvalue weighted by Gasteiger charge is 2.42. The second kappa shape index (κ2) is 4.46. The Bertz CT molecular complexity index is 617. The molecule has 2 aromatic heterocycles. The van der Waals surface area contributed by atoms with Crippen molar-refractivity contribution in [1.82, 2.24) is 9.38 Å². The Hall–Kier alpha value is -1.67. The minimum absolute atomic E-state index is 0.0175. The van der Waals surface area contributed by atoms with E-state index in [0.29, 0.717) is 17.3 Å². The van der Waals surface area contributed by atoms with Gasteiger partial charge in [-0.2, -0.15) is 9.38 Å². The first-order chi connectivity index (χ1) is 9.15. The van der Waals surface area contributed by atoms with E-state index >= 15 is 0 Å². The third kappa shape index (κ3) is 2.17. The fourth-order valence-electron chi connectivity index (χ4n) is 2.27. The van der Waals surface area contributed by atoms with Crippen LogP contribution < -0.4 is 5.32 Å². The summed E-state index contributed by atoms with van der Waals surface area (Å²) in [7, 11) is 0. The molecule has 0 radical (unpaired) electrons. The number of imidazole rings is 1. The Balaban J connectivity index is 1.82. The molecule has 7 nitrogen and oxygen atoms in total. The fraction of sp³-hybridized carbons (Fsp3) is 0.545. The zero-order chi connectivity index (χ0) is 13.5. The standard InChI is InChI=1S/C11H14N4O3S/c16-5-3-11(1-2-11)7-12-8-9(15(17)18)14-4-6-19-10(14)13-8/h4,6,12,16H,1-3,5,7H2. The van der Waals surface area contributed by atoms with Gasteiger partial charge in [-0.05, 0) is 29.6 Å². The maximum absolute atomic E-state index is 11.1. The maximum Gasteiger partial charge on any atom is 0.372 e. The summed E-state index contributed by atoms with van der Waals surface area (Å²) in [5.74, 6) is 0.303. The normalized spacial score (nSPS) is 16.7. The lowest BCUT2D eigenvalue weighted by molar-refractivity contribution is -0.389. The van der Waals surface area contributed by atoms with Crippen molar-refractivity contribution in [3.8, 4) is 0 Å². The Morgan fingerprint density at radius 2 is 2.42 bits per heavy atom. The van der Waals surface area contributed by atoms with Gasteiger partial charge in [0.2, 0.25) is 5.82 Å². The molecule has 1 aliphatic carbocycles. The van der Waals surface area contributed by atoms with Gasteiger partial charge in [-0.25, -0.2) is 0 Å². The number of rotatable bonds is 6. The van der Waals surface area contributed by atoms with Gasteiger partial charge in [0.05, 0.1) is 0 Å². The van der Waals surface area contributed by atoms with Crippen LogP contribution in [0.15, 0.2) is 11.6 Å². The van der Waals surface area contributed by atoms with E-state index in [9.17, 15) is 10.1 Å². The summed E-state index contributed by atoms with van der Waals surface area (Å²) in [4.78, 5) is 15.6. The first-order valence-corrected chi connectivity index (χ1v) is 6.98. The third-order valence-electron chi connectivity index (χ3n) is 3.64. The molecule has 0 unspecified atom stereocenters. The van der Waals surface area contributed by atoms with Gasteiger partial charge in [-0.15, -0.1) is 0 Å². The molecule has 0 bridgehead atoms. The maximum atomic E-state index is 11.1. The monoisotopic (exact) mass is 282 g/mol. The van der Waals surface area contributed by atoms with E-state index in [1.165, 1.54) is 15.7 Å². The van der Waals surface area contributed by atoms with Crippen molar-refractivity contribution < 1.29 is 10.0 Å². The number of nitro groups is 1. The number of fused-ring (bicyclic) bond motifs is 1. The Kier molecular flexibility index (Phi) is 2.90. The second-order valence-corrected chi connectivity index (χ2v) is 5.80. The quantitative estimate of drug-likeness (QED) is 0.623. The number of nitrogens with zero attached hydrogens (tertiary/aromatic N) is 3. The Morgan fingerprint density at radius 1 is 1.63 bits per heavy atom. The van der Waals surface area contributed by atoms with Crippen molar-refractivity contribution in [2.24, 2.45) is 5.41 Å². The van der Waals surface area contributed by atoms with Gasteiger partial charge in [-0.3, -0.25) is 0 Å². The minimum atomic E-state index is -0.416. The summed E-state index contributed by atoms with van der Waals surface area (Å²) >= 11 is 1.37. The summed E-state index contributed by atoms with van der Waals surface area (Å²) in [6.45, 7) is 0.779. The Morgan fingerprint density at radius 3 is 3.05 bits per heavy atom. The largest absolute Gasteiger partial charge is 0.396 e. The molecule has 0 aliphatic heterocycles. The zero-order valence-corrected chi connectivity index (χ0v) is 11.0. The van der Waals surface area contributed by atoms with Gasteiger partial charge >= 0.3 is 5.82 Å². The van der Waals surface area contributed by atoms with Gasteiger partial charge < -0.3 is 20.5 Å². The summed E-state index contributed by atoms with van der Waals surface area (Å²) in [5.41, 5.74) is 0.0969. The van der Waals surface area contributed by atoms with Crippen LogP contribution in [-0.4, -0.2) is 32.6 Å². The smallest absolute Gasteiger partial charge is 0.372 e. The summed E-state index contributed by atoms with van der Waals surface area (Å²) in [6, 6.07) is 0. The van der Waals surface area contributed by atoms with Crippen LogP contribution in [0, 0.1) is 15.5 Å². The van der Waals surface area contributed by atoms with E-state index in [4.69, 9.17) is 5.11 Å². The molecule has 0 aromatic carbocycles. The molecular weight excluding hydrogens is 268 g/mol. The SMILES string of the molecule is O=[N+]([O-])c1c(NCC2(CCO)CC2)nc2sccn12. The van der Waals surface area contributed by atoms with Crippen molar-refractivity contribution in [2.45, 2.75) is 19.3 Å². The van der Waals surface area contributed by atoms with Gasteiger partial charge in [0.25, 0.3) is 4.96 Å². The minimum Gasteiger partial charge on any atom is -0.396 e. The molecule has 2 aromatic rings. The number of anilines is 1. The van der Waals surface area contributed by atoms with Crippen LogP contribution in [0.25, 0.3) is 4.96 Å². The highest BCUT2D eigenvalue weighted by molar-refractivity contribution is 7.15. The number of nitrogens with one attached hydrogen (secondary N) is 1. The second-order valence-electron chi connectivity index (χ2n) is 4.92. The highest BCUT2D eigenvalue weighted by atomic mass is 32.1. The van der Waals surface area contributed by atoms with E-state index in [1.807, 2.05) is 0 Å². The Labute approximate surface area is 113 Å². The van der Waals surface area contributed by atoms with Crippen molar-refractivity contribution in [2.75, 3.05) is 18.5 Å². The first kappa shape index (κ1) is 12.4. The average Bonchev–Trinajstić information content (AvgIpc) is 2.83. The van der Waals surface area contributed by atoms with Crippen LogP contribution in [0.1, 0.15) is 19.3 Å². The van der Waals surface area contributed by atoms with Gasteiger partial charge in [0, 0.05) is 18.5 Å². The lowest BCUT2D eigenvalue weighted by Crippen LogP contribution is -2.17. The van der Waals surface area contributed by atoms with Crippen molar-refractivity contribution >= 4 is 27.9 Å². The van der Waals surface area contributed by atoms with Crippen LogP contribution in [0.3, 0.4) is 0 Å². The van der Waals surface area contributed by atoms with Crippen LogP contribution in [0.2, 0.25) is 0 Å². The van der Waals surface area contributed by atoms with E-state index < -0.39 is 4.92 Å². The lowest BCUT2D eigenvalue weighted by Gasteiger charge is -2.13. The number of aromatic nitrogens is 2. The van der Waals surface area contributed by atoms with Crippen LogP contribution in [0.4, 0.5) is 11.6 Å². The molecular formula is C11H14N4O3S. The number of hydrogen-bond acceptors (Lipinski definition) is 6. The number of hydrogen-bond donors (Lipinski definition) is 2. The summed E-state index contributed by atoms with van der Waals surface area (Å²) < 4.78 is 1.48. The van der Waals surface area contributed by atoms with Crippen LogP contribution in [0.5, 0.6) is 0 Å². The van der Waals surface area contributed by atoms with E-state index in [0.717, 1.165) is 19.3 Å². The number of aliphatic hydroxyl groups is 1. The molecule has 19 heavy (non-hydrogen) atoms. The molecule has 1 fully saturated rings. The summed E-state index contributed by atoms with van der Waals surface area (Å²) in [5, 5.41) is 25.0. The van der Waals surface area contributed by atoms with Gasteiger partial charge in [0.15, 0.2) is 0 Å². The molecule has 102 valence electrons. The van der Waals surface area contributed by atoms with Gasteiger partial charge in [0.1, 0.15) is 6.20 Å². The average molecular weight is 282 g/mol. The fourth-order valence-corrected chi connectivity index (χ4v) is 2.98. The van der Waals surface area contributed by atoms with E-state index in [1.54, 1.807) is 11.6 Å².